The number of halogens is 4. The Balaban J connectivity index is 3.02. The van der Waals surface area contributed by atoms with E-state index in [1.165, 1.54) is 12.1 Å². The van der Waals surface area contributed by atoms with Crippen LogP contribution in [0.5, 0.6) is 0 Å². The molecule has 0 aromatic carbocycles. The maximum atomic E-state index is 12.2. The molecule has 1 heterocycles. The summed E-state index contributed by atoms with van der Waals surface area (Å²) < 4.78 is 36.5. The van der Waals surface area contributed by atoms with Gasteiger partial charge in [0.1, 0.15) is 11.4 Å². The Kier molecular flexibility index (Phi) is 3.53. The fourth-order valence-corrected chi connectivity index (χ4v) is 0.926. The molecule has 74 valence electrons. The van der Waals surface area contributed by atoms with E-state index in [4.69, 9.17) is 0 Å². The largest absolute Gasteiger partial charge is 0.433 e. The van der Waals surface area contributed by atoms with E-state index < -0.39 is 11.9 Å². The Morgan fingerprint density at radius 3 is 2.64 bits per heavy atom. The van der Waals surface area contributed by atoms with Gasteiger partial charge in [-0.15, -0.1) is 0 Å². The van der Waals surface area contributed by atoms with Crippen LogP contribution in [0.25, 0.3) is 0 Å². The van der Waals surface area contributed by atoms with E-state index in [1.807, 2.05) is 0 Å². The van der Waals surface area contributed by atoms with Crippen LogP contribution in [0.15, 0.2) is 18.2 Å². The highest BCUT2D eigenvalue weighted by Crippen LogP contribution is 2.27. The first-order valence-electron chi connectivity index (χ1n) is 3.63. The van der Waals surface area contributed by atoms with Gasteiger partial charge in [0, 0.05) is 0 Å². The topological polar surface area (TPSA) is 12.9 Å². The summed E-state index contributed by atoms with van der Waals surface area (Å²) in [6, 6.07) is 3.64. The summed E-state index contributed by atoms with van der Waals surface area (Å²) >= 11 is 3.04. The summed E-state index contributed by atoms with van der Waals surface area (Å²) in [5.74, 6) is 5.08. The molecule has 0 fully saturated rings. The molecule has 0 aliphatic carbocycles. The zero-order valence-corrected chi connectivity index (χ0v) is 8.48. The lowest BCUT2D eigenvalue weighted by molar-refractivity contribution is -0.141. The Labute approximate surface area is 87.5 Å². The van der Waals surface area contributed by atoms with Gasteiger partial charge in [0.2, 0.25) is 0 Å². The number of pyridine rings is 1. The molecule has 0 bridgehead atoms. The molecule has 0 N–H and O–H groups in total. The molecule has 1 aromatic heterocycles. The fourth-order valence-electron chi connectivity index (χ4n) is 0.786. The van der Waals surface area contributed by atoms with E-state index in [1.54, 1.807) is 0 Å². The summed E-state index contributed by atoms with van der Waals surface area (Å²) in [5.41, 5.74) is -0.793. The first kappa shape index (κ1) is 11.1. The van der Waals surface area contributed by atoms with Gasteiger partial charge in [-0.1, -0.05) is 27.9 Å². The van der Waals surface area contributed by atoms with Crippen molar-refractivity contribution < 1.29 is 13.2 Å². The molecule has 0 radical (unpaired) electrons. The third kappa shape index (κ3) is 3.04. The third-order valence-corrected chi connectivity index (χ3v) is 1.60. The summed E-state index contributed by atoms with van der Waals surface area (Å²) in [5, 5.41) is 0.408. The highest BCUT2D eigenvalue weighted by molar-refractivity contribution is 9.09. The highest BCUT2D eigenvalue weighted by atomic mass is 79.9. The number of aromatic nitrogens is 1. The molecule has 0 aliphatic heterocycles. The standard InChI is InChI=1S/C9H5BrF3N/c10-6-2-4-7-3-1-5-8(14-7)9(11,12)13/h1,3,5H,6H2. The second kappa shape index (κ2) is 4.47. The van der Waals surface area contributed by atoms with Gasteiger partial charge in [-0.2, -0.15) is 13.2 Å². The summed E-state index contributed by atoms with van der Waals surface area (Å²) in [6.07, 6.45) is -4.41. The van der Waals surface area contributed by atoms with Gasteiger partial charge in [-0.3, -0.25) is 0 Å². The number of hydrogen-bond donors (Lipinski definition) is 0. The van der Waals surface area contributed by atoms with Crippen LogP contribution in [-0.2, 0) is 6.18 Å². The van der Waals surface area contributed by atoms with Gasteiger partial charge in [0.25, 0.3) is 0 Å². The summed E-state index contributed by atoms with van der Waals surface area (Å²) in [6.45, 7) is 0. The lowest BCUT2D eigenvalue weighted by Gasteiger charge is -2.04. The van der Waals surface area contributed by atoms with Crippen molar-refractivity contribution in [3.63, 3.8) is 0 Å². The molecular weight excluding hydrogens is 259 g/mol. The second-order valence-corrected chi connectivity index (χ2v) is 2.90. The van der Waals surface area contributed by atoms with Crippen LogP contribution in [0.4, 0.5) is 13.2 Å². The van der Waals surface area contributed by atoms with E-state index in [0.717, 1.165) is 6.07 Å². The Hall–Kier alpha value is -1.02. The van der Waals surface area contributed by atoms with Crippen LogP contribution in [-0.4, -0.2) is 10.3 Å². The molecule has 1 nitrogen and oxygen atoms in total. The number of hydrogen-bond acceptors (Lipinski definition) is 1. The van der Waals surface area contributed by atoms with Gasteiger partial charge < -0.3 is 0 Å². The van der Waals surface area contributed by atoms with E-state index in [9.17, 15) is 13.2 Å². The summed E-state index contributed by atoms with van der Waals surface area (Å²) in [7, 11) is 0. The molecule has 0 atom stereocenters. The predicted molar refractivity (Wildman–Crippen MR) is 49.9 cm³/mol. The van der Waals surface area contributed by atoms with Crippen molar-refractivity contribution in [1.29, 1.82) is 0 Å². The fraction of sp³-hybridized carbons (Fsp3) is 0.222. The van der Waals surface area contributed by atoms with Crippen LogP contribution in [0.2, 0.25) is 0 Å². The van der Waals surface area contributed by atoms with Crippen LogP contribution in [0.3, 0.4) is 0 Å². The quantitative estimate of drug-likeness (QED) is 0.518. The van der Waals surface area contributed by atoms with E-state index in [-0.39, 0.29) is 5.69 Å². The first-order valence-corrected chi connectivity index (χ1v) is 4.75. The molecular formula is C9H5BrF3N. The average Bonchev–Trinajstić information content (AvgIpc) is 2.14. The highest BCUT2D eigenvalue weighted by Gasteiger charge is 2.32. The first-order chi connectivity index (χ1) is 6.54. The molecule has 0 saturated carbocycles. The number of nitrogens with zero attached hydrogens (tertiary/aromatic N) is 1. The van der Waals surface area contributed by atoms with Crippen LogP contribution >= 0.6 is 15.9 Å². The van der Waals surface area contributed by atoms with E-state index >= 15 is 0 Å². The third-order valence-electron chi connectivity index (χ3n) is 1.32. The van der Waals surface area contributed by atoms with Crippen molar-refractivity contribution in [2.24, 2.45) is 0 Å². The monoisotopic (exact) mass is 263 g/mol. The minimum Gasteiger partial charge on any atom is -0.235 e. The zero-order valence-electron chi connectivity index (χ0n) is 6.90. The minimum absolute atomic E-state index is 0.124. The Bertz CT molecular complexity index is 376. The van der Waals surface area contributed by atoms with E-state index in [0.29, 0.717) is 5.33 Å². The molecule has 0 spiro atoms. The average molecular weight is 264 g/mol. The van der Waals surface area contributed by atoms with Crippen molar-refractivity contribution in [2.45, 2.75) is 6.18 Å². The molecule has 1 aromatic rings. The molecule has 0 saturated heterocycles. The maximum absolute atomic E-state index is 12.2. The Morgan fingerprint density at radius 1 is 1.36 bits per heavy atom. The second-order valence-electron chi connectivity index (χ2n) is 2.34. The molecule has 0 aliphatic rings. The molecule has 0 unspecified atom stereocenters. The van der Waals surface area contributed by atoms with E-state index in [2.05, 4.69) is 32.8 Å². The van der Waals surface area contributed by atoms with Gasteiger partial charge in [0.05, 0.1) is 5.33 Å². The maximum Gasteiger partial charge on any atom is 0.433 e. The molecule has 0 amide bonds. The lowest BCUT2D eigenvalue weighted by Crippen LogP contribution is -2.08. The minimum atomic E-state index is -4.41. The van der Waals surface area contributed by atoms with Gasteiger partial charge in [-0.25, -0.2) is 4.98 Å². The zero-order chi connectivity index (χ0) is 10.6. The van der Waals surface area contributed by atoms with Crippen molar-refractivity contribution >= 4 is 15.9 Å². The van der Waals surface area contributed by atoms with Crippen molar-refractivity contribution in [3.8, 4) is 11.8 Å². The lowest BCUT2D eigenvalue weighted by atomic mass is 10.3. The van der Waals surface area contributed by atoms with Crippen molar-refractivity contribution in [1.82, 2.24) is 4.98 Å². The SMILES string of the molecule is FC(F)(F)c1cccc(C#CCBr)n1. The molecule has 1 rings (SSSR count). The molecule has 5 heteroatoms. The van der Waals surface area contributed by atoms with Crippen molar-refractivity contribution in [3.05, 3.63) is 29.6 Å². The van der Waals surface area contributed by atoms with Crippen LogP contribution < -0.4 is 0 Å². The summed E-state index contributed by atoms with van der Waals surface area (Å²) in [4.78, 5) is 3.36. The predicted octanol–water partition coefficient (Wildman–Crippen LogP) is 2.85. The van der Waals surface area contributed by atoms with Gasteiger partial charge >= 0.3 is 6.18 Å². The number of rotatable bonds is 0. The van der Waals surface area contributed by atoms with Crippen LogP contribution in [0.1, 0.15) is 11.4 Å². The number of alkyl halides is 4. The smallest absolute Gasteiger partial charge is 0.235 e. The normalized spacial score (nSPS) is 10.6. The van der Waals surface area contributed by atoms with Crippen molar-refractivity contribution in [2.75, 3.05) is 5.33 Å². The molecule has 14 heavy (non-hydrogen) atoms. The Morgan fingerprint density at radius 2 is 2.07 bits per heavy atom. The van der Waals surface area contributed by atoms with Gasteiger partial charge in [-0.05, 0) is 18.1 Å². The van der Waals surface area contributed by atoms with Crippen LogP contribution in [0, 0.1) is 11.8 Å². The van der Waals surface area contributed by atoms with Gasteiger partial charge in [0.15, 0.2) is 0 Å².